The van der Waals surface area contributed by atoms with Crippen molar-refractivity contribution in [2.45, 2.75) is 31.8 Å². The molecule has 0 radical (unpaired) electrons. The third-order valence-electron chi connectivity index (χ3n) is 4.89. The van der Waals surface area contributed by atoms with Crippen LogP contribution in [0.4, 0.5) is 0 Å². The molecule has 3 heterocycles. The van der Waals surface area contributed by atoms with E-state index in [1.54, 1.807) is 12.5 Å². The molecule has 1 atom stereocenters. The van der Waals surface area contributed by atoms with E-state index in [0.717, 1.165) is 37.0 Å². The zero-order valence-electron chi connectivity index (χ0n) is 15.5. The van der Waals surface area contributed by atoms with E-state index in [2.05, 4.69) is 22.1 Å². The molecule has 6 nitrogen and oxygen atoms in total. The molecule has 8 heteroatoms. The highest BCUT2D eigenvalue weighted by Crippen LogP contribution is 2.17. The number of carbonyl (C=O) groups is 1. The molecular formula is C20H25Cl2N5O. The zero-order chi connectivity index (χ0) is 17.9. The normalized spacial score (nSPS) is 16.8. The van der Waals surface area contributed by atoms with Crippen LogP contribution in [0, 0.1) is 0 Å². The van der Waals surface area contributed by atoms with E-state index in [1.165, 1.54) is 5.56 Å². The first-order valence-electron chi connectivity index (χ1n) is 9.10. The molecule has 1 aromatic carbocycles. The second-order valence-electron chi connectivity index (χ2n) is 6.93. The fourth-order valence-corrected chi connectivity index (χ4v) is 3.50. The van der Waals surface area contributed by atoms with Crippen molar-refractivity contribution in [1.82, 2.24) is 19.4 Å². The predicted octanol–water partition coefficient (Wildman–Crippen LogP) is 3.28. The van der Waals surface area contributed by atoms with Gasteiger partial charge in [-0.05, 0) is 24.5 Å². The van der Waals surface area contributed by atoms with E-state index < -0.39 is 0 Å². The van der Waals surface area contributed by atoms with Crippen LogP contribution in [0.3, 0.4) is 0 Å². The Kier molecular flexibility index (Phi) is 7.80. The Balaban J connectivity index is 0.00000140. The minimum atomic E-state index is -0.00522. The topological polar surface area (TPSA) is 77.0 Å². The number of rotatable bonds is 3. The van der Waals surface area contributed by atoms with Gasteiger partial charge in [0.25, 0.3) is 5.91 Å². The molecule has 1 aliphatic heterocycles. The number of nitrogens with zero attached hydrogens (tertiary/aromatic N) is 4. The second-order valence-corrected chi connectivity index (χ2v) is 6.93. The number of carbonyl (C=O) groups excluding carboxylic acids is 1. The van der Waals surface area contributed by atoms with Gasteiger partial charge in [-0.2, -0.15) is 0 Å². The van der Waals surface area contributed by atoms with Gasteiger partial charge in [-0.25, -0.2) is 9.97 Å². The van der Waals surface area contributed by atoms with Gasteiger partial charge in [-0.15, -0.1) is 24.8 Å². The summed E-state index contributed by atoms with van der Waals surface area (Å²) in [6.07, 6.45) is 6.49. The second kappa shape index (κ2) is 9.87. The SMILES string of the molecule is Cl.Cl.NC1CCCCN(C(=O)c2cnc3c(c2)ncn3Cc2ccccc2)C1. The van der Waals surface area contributed by atoms with Crippen molar-refractivity contribution in [3.8, 4) is 0 Å². The van der Waals surface area contributed by atoms with Crippen molar-refractivity contribution >= 4 is 41.9 Å². The number of halogens is 2. The zero-order valence-corrected chi connectivity index (χ0v) is 17.2. The van der Waals surface area contributed by atoms with Gasteiger partial charge in [0.1, 0.15) is 5.52 Å². The van der Waals surface area contributed by atoms with Crippen LogP contribution >= 0.6 is 24.8 Å². The number of amides is 1. The van der Waals surface area contributed by atoms with Gasteiger partial charge in [0.15, 0.2) is 5.65 Å². The standard InChI is InChI=1S/C20H23N5O.2ClH/c21-17-8-4-5-9-24(13-17)20(26)16-10-18-19(22-11-16)25(14-23-18)12-15-6-2-1-3-7-15;;/h1-3,6-7,10-11,14,17H,4-5,8-9,12-13,21H2;2*1H. The lowest BCUT2D eigenvalue weighted by atomic mass is 10.1. The number of benzene rings is 1. The third-order valence-corrected chi connectivity index (χ3v) is 4.89. The average Bonchev–Trinajstić information content (AvgIpc) is 2.92. The molecule has 3 aromatic rings. The van der Waals surface area contributed by atoms with E-state index in [0.29, 0.717) is 18.7 Å². The van der Waals surface area contributed by atoms with Crippen molar-refractivity contribution in [3.05, 3.63) is 60.0 Å². The molecule has 28 heavy (non-hydrogen) atoms. The Morgan fingerprint density at radius 2 is 1.93 bits per heavy atom. The molecule has 1 aliphatic rings. The Labute approximate surface area is 177 Å². The van der Waals surface area contributed by atoms with E-state index in [4.69, 9.17) is 5.73 Å². The maximum absolute atomic E-state index is 12.8. The van der Waals surface area contributed by atoms with E-state index >= 15 is 0 Å². The van der Waals surface area contributed by atoms with Gasteiger partial charge in [0.2, 0.25) is 0 Å². The summed E-state index contributed by atoms with van der Waals surface area (Å²) in [5.41, 5.74) is 9.38. The van der Waals surface area contributed by atoms with Crippen molar-refractivity contribution in [2.24, 2.45) is 5.73 Å². The Morgan fingerprint density at radius 1 is 1.14 bits per heavy atom. The van der Waals surface area contributed by atoms with Gasteiger partial charge < -0.3 is 15.2 Å². The summed E-state index contributed by atoms with van der Waals surface area (Å²) < 4.78 is 2.00. The largest absolute Gasteiger partial charge is 0.337 e. The predicted molar refractivity (Wildman–Crippen MR) is 115 cm³/mol. The number of fused-ring (bicyclic) bond motifs is 1. The monoisotopic (exact) mass is 421 g/mol. The Morgan fingerprint density at radius 3 is 2.71 bits per heavy atom. The van der Waals surface area contributed by atoms with Crippen molar-refractivity contribution in [2.75, 3.05) is 13.1 Å². The fourth-order valence-electron chi connectivity index (χ4n) is 3.50. The van der Waals surface area contributed by atoms with Crippen LogP contribution in [0.15, 0.2) is 48.9 Å². The highest BCUT2D eigenvalue weighted by Gasteiger charge is 2.22. The lowest BCUT2D eigenvalue weighted by Crippen LogP contribution is -2.39. The van der Waals surface area contributed by atoms with Crippen LogP contribution in [0.2, 0.25) is 0 Å². The summed E-state index contributed by atoms with van der Waals surface area (Å²) in [5, 5.41) is 0. The first-order chi connectivity index (χ1) is 12.7. The van der Waals surface area contributed by atoms with Gasteiger partial charge in [-0.3, -0.25) is 4.79 Å². The smallest absolute Gasteiger partial charge is 0.255 e. The molecule has 0 bridgehead atoms. The lowest BCUT2D eigenvalue weighted by Gasteiger charge is -2.22. The Bertz CT molecular complexity index is 915. The van der Waals surface area contributed by atoms with Crippen LogP contribution in [0.25, 0.3) is 11.2 Å². The highest BCUT2D eigenvalue weighted by molar-refractivity contribution is 5.96. The van der Waals surface area contributed by atoms with Crippen LogP contribution in [0.5, 0.6) is 0 Å². The third kappa shape index (κ3) is 4.82. The molecule has 0 aliphatic carbocycles. The van der Waals surface area contributed by atoms with Crippen LogP contribution in [0.1, 0.15) is 35.2 Å². The molecule has 0 saturated carbocycles. The average molecular weight is 422 g/mol. The Hall–Kier alpha value is -2.15. The summed E-state index contributed by atoms with van der Waals surface area (Å²) in [7, 11) is 0. The minimum absolute atomic E-state index is 0. The first kappa shape index (κ1) is 22.1. The van der Waals surface area contributed by atoms with E-state index in [1.807, 2.05) is 33.7 Å². The molecule has 2 aromatic heterocycles. The van der Waals surface area contributed by atoms with Crippen molar-refractivity contribution < 1.29 is 4.79 Å². The molecule has 1 unspecified atom stereocenters. The van der Waals surface area contributed by atoms with Crippen molar-refractivity contribution in [3.63, 3.8) is 0 Å². The maximum atomic E-state index is 12.8. The first-order valence-corrected chi connectivity index (χ1v) is 9.10. The van der Waals surface area contributed by atoms with Gasteiger partial charge >= 0.3 is 0 Å². The van der Waals surface area contributed by atoms with E-state index in [9.17, 15) is 4.79 Å². The summed E-state index contributed by atoms with van der Waals surface area (Å²) in [5.74, 6) is -0.00522. The minimum Gasteiger partial charge on any atom is -0.337 e. The van der Waals surface area contributed by atoms with E-state index in [-0.39, 0.29) is 36.8 Å². The molecule has 2 N–H and O–H groups in total. The van der Waals surface area contributed by atoms with Crippen LogP contribution < -0.4 is 5.73 Å². The van der Waals surface area contributed by atoms with Gasteiger partial charge in [0, 0.05) is 25.3 Å². The van der Waals surface area contributed by atoms with Gasteiger partial charge in [-0.1, -0.05) is 36.8 Å². The lowest BCUT2D eigenvalue weighted by molar-refractivity contribution is 0.0755. The molecule has 4 rings (SSSR count). The summed E-state index contributed by atoms with van der Waals surface area (Å²) in [6.45, 7) is 2.07. The number of pyridine rings is 1. The number of hydrogen-bond acceptors (Lipinski definition) is 4. The molecule has 150 valence electrons. The molecule has 0 spiro atoms. The summed E-state index contributed by atoms with van der Waals surface area (Å²) in [4.78, 5) is 23.6. The molecule has 1 amide bonds. The number of aromatic nitrogens is 3. The van der Waals surface area contributed by atoms with Crippen LogP contribution in [-0.4, -0.2) is 44.5 Å². The number of imidazole rings is 1. The number of likely N-dealkylation sites (tertiary alicyclic amines) is 1. The quantitative estimate of drug-likeness (QED) is 0.703. The van der Waals surface area contributed by atoms with Gasteiger partial charge in [0.05, 0.1) is 18.4 Å². The fraction of sp³-hybridized carbons (Fsp3) is 0.350. The molecular weight excluding hydrogens is 397 g/mol. The molecule has 1 fully saturated rings. The van der Waals surface area contributed by atoms with Crippen molar-refractivity contribution in [1.29, 1.82) is 0 Å². The number of nitrogens with two attached hydrogens (primary N) is 1. The van der Waals surface area contributed by atoms with Crippen LogP contribution in [-0.2, 0) is 6.54 Å². The maximum Gasteiger partial charge on any atom is 0.255 e. The summed E-state index contributed by atoms with van der Waals surface area (Å²) >= 11 is 0. The molecule has 1 saturated heterocycles. The summed E-state index contributed by atoms with van der Waals surface area (Å²) in [6, 6.07) is 12.1. The number of hydrogen-bond donors (Lipinski definition) is 1. The highest BCUT2D eigenvalue weighted by atomic mass is 35.5.